The third kappa shape index (κ3) is 1.73. The third-order valence-electron chi connectivity index (χ3n) is 3.69. The second-order valence-corrected chi connectivity index (χ2v) is 5.31. The summed E-state index contributed by atoms with van der Waals surface area (Å²) in [7, 11) is 0. The Hall–Kier alpha value is -1.36. The molecule has 0 spiro atoms. The van der Waals surface area contributed by atoms with Gasteiger partial charge in [-0.1, -0.05) is 11.6 Å². The van der Waals surface area contributed by atoms with Gasteiger partial charge in [0.15, 0.2) is 10.8 Å². The van der Waals surface area contributed by atoms with Crippen molar-refractivity contribution in [1.82, 2.24) is 19.6 Å². The lowest BCUT2D eigenvalue weighted by Gasteiger charge is -2.38. The molecular weight excluding hydrogens is 250 g/mol. The topological polar surface area (TPSA) is 46.3 Å². The van der Waals surface area contributed by atoms with E-state index in [2.05, 4.69) is 33.9 Å². The molecule has 18 heavy (non-hydrogen) atoms. The lowest BCUT2D eigenvalue weighted by atomic mass is 9.98. The van der Waals surface area contributed by atoms with Gasteiger partial charge in [0.25, 0.3) is 0 Å². The van der Waals surface area contributed by atoms with Gasteiger partial charge in [-0.15, -0.1) is 10.2 Å². The molecule has 1 aliphatic heterocycles. The summed E-state index contributed by atoms with van der Waals surface area (Å²) in [6, 6.07) is 0.959. The predicted octanol–water partition coefficient (Wildman–Crippen LogP) is 2.55. The van der Waals surface area contributed by atoms with E-state index in [0.29, 0.717) is 22.9 Å². The number of halogens is 1. The number of piperidine rings is 1. The van der Waals surface area contributed by atoms with Gasteiger partial charge in [0, 0.05) is 24.5 Å². The molecule has 0 N–H and O–H groups in total. The molecule has 0 bridgehead atoms. The van der Waals surface area contributed by atoms with Crippen molar-refractivity contribution < 1.29 is 0 Å². The minimum absolute atomic E-state index is 0.397. The summed E-state index contributed by atoms with van der Waals surface area (Å²) in [6.07, 6.45) is 7.21. The van der Waals surface area contributed by atoms with Crippen molar-refractivity contribution in [2.24, 2.45) is 0 Å². The summed E-state index contributed by atoms with van der Waals surface area (Å²) in [5, 5.41) is 8.83. The van der Waals surface area contributed by atoms with Crippen molar-refractivity contribution in [2.75, 3.05) is 4.90 Å². The molecule has 0 radical (unpaired) electrons. The van der Waals surface area contributed by atoms with Crippen LogP contribution in [0.2, 0.25) is 5.15 Å². The fraction of sp³-hybridized carbons (Fsp3) is 0.583. The van der Waals surface area contributed by atoms with Crippen LogP contribution in [0, 0.1) is 0 Å². The Morgan fingerprint density at radius 2 is 1.94 bits per heavy atom. The summed E-state index contributed by atoms with van der Waals surface area (Å²) in [4.78, 5) is 6.36. The summed E-state index contributed by atoms with van der Waals surface area (Å²) in [6.45, 7) is 4.47. The summed E-state index contributed by atoms with van der Waals surface area (Å²) in [5.74, 6) is 0.869. The Bertz CT molecular complexity index is 557. The number of nitrogens with zero attached hydrogens (tertiary/aromatic N) is 5. The normalized spacial score (nSPS) is 24.7. The molecule has 1 aliphatic rings. The van der Waals surface area contributed by atoms with Crippen LogP contribution in [0.4, 0.5) is 5.95 Å². The van der Waals surface area contributed by atoms with Crippen LogP contribution in [0.25, 0.3) is 5.65 Å². The molecule has 5 nitrogen and oxygen atoms in total. The van der Waals surface area contributed by atoms with Crippen LogP contribution in [-0.4, -0.2) is 31.7 Å². The van der Waals surface area contributed by atoms with E-state index in [1.165, 1.54) is 19.3 Å². The zero-order chi connectivity index (χ0) is 12.7. The fourth-order valence-electron chi connectivity index (χ4n) is 2.78. The number of rotatable bonds is 1. The molecule has 6 heteroatoms. The molecule has 0 amide bonds. The zero-order valence-electron chi connectivity index (χ0n) is 10.5. The van der Waals surface area contributed by atoms with Gasteiger partial charge in [-0.25, -0.2) is 4.98 Å². The number of hydrogen-bond acceptors (Lipinski definition) is 4. The van der Waals surface area contributed by atoms with Crippen molar-refractivity contribution in [2.45, 2.75) is 45.2 Å². The van der Waals surface area contributed by atoms with Crippen LogP contribution in [0.5, 0.6) is 0 Å². The molecule has 2 aromatic rings. The van der Waals surface area contributed by atoms with Crippen LogP contribution < -0.4 is 4.90 Å². The average molecular weight is 266 g/mol. The molecule has 1 fully saturated rings. The molecule has 1 saturated heterocycles. The van der Waals surface area contributed by atoms with Gasteiger partial charge in [-0.2, -0.15) is 0 Å². The van der Waals surface area contributed by atoms with E-state index < -0.39 is 0 Å². The number of anilines is 1. The maximum absolute atomic E-state index is 6.03. The van der Waals surface area contributed by atoms with Gasteiger partial charge < -0.3 is 4.90 Å². The largest absolute Gasteiger partial charge is 0.335 e. The van der Waals surface area contributed by atoms with E-state index in [9.17, 15) is 0 Å². The molecule has 2 atom stereocenters. The molecule has 0 saturated carbocycles. The first-order chi connectivity index (χ1) is 8.68. The van der Waals surface area contributed by atoms with Gasteiger partial charge >= 0.3 is 0 Å². The summed E-state index contributed by atoms with van der Waals surface area (Å²) < 4.78 is 1.92. The maximum atomic E-state index is 6.03. The van der Waals surface area contributed by atoms with Crippen LogP contribution in [-0.2, 0) is 0 Å². The van der Waals surface area contributed by atoms with E-state index in [1.807, 2.05) is 10.6 Å². The Labute approximate surface area is 111 Å². The molecule has 3 heterocycles. The molecular formula is C12H16ClN5. The first-order valence-corrected chi connectivity index (χ1v) is 6.70. The van der Waals surface area contributed by atoms with E-state index in [1.54, 1.807) is 6.20 Å². The SMILES string of the molecule is C[C@H]1CCC[C@H](C)N1c1nnc2c(Cl)nccn12. The van der Waals surface area contributed by atoms with Crippen molar-refractivity contribution in [3.63, 3.8) is 0 Å². The van der Waals surface area contributed by atoms with Gasteiger partial charge in [0.2, 0.25) is 5.95 Å². The Balaban J connectivity index is 2.11. The van der Waals surface area contributed by atoms with Crippen LogP contribution >= 0.6 is 11.6 Å². The first kappa shape index (κ1) is 11.7. The van der Waals surface area contributed by atoms with Gasteiger partial charge in [0.1, 0.15) is 0 Å². The Morgan fingerprint density at radius 1 is 1.22 bits per heavy atom. The number of aromatic nitrogens is 4. The highest BCUT2D eigenvalue weighted by molar-refractivity contribution is 6.32. The Morgan fingerprint density at radius 3 is 2.67 bits per heavy atom. The quantitative estimate of drug-likeness (QED) is 0.795. The smallest absolute Gasteiger partial charge is 0.232 e. The average Bonchev–Trinajstić information content (AvgIpc) is 2.75. The van der Waals surface area contributed by atoms with E-state index in [4.69, 9.17) is 11.6 Å². The molecule has 0 unspecified atom stereocenters. The molecule has 3 rings (SSSR count). The summed E-state index contributed by atoms with van der Waals surface area (Å²) in [5.41, 5.74) is 0.624. The van der Waals surface area contributed by atoms with Crippen LogP contribution in [0.1, 0.15) is 33.1 Å². The summed E-state index contributed by atoms with van der Waals surface area (Å²) >= 11 is 6.03. The fourth-order valence-corrected chi connectivity index (χ4v) is 2.96. The zero-order valence-corrected chi connectivity index (χ0v) is 11.3. The van der Waals surface area contributed by atoms with E-state index in [-0.39, 0.29) is 0 Å². The highest BCUT2D eigenvalue weighted by Crippen LogP contribution is 2.28. The molecule has 2 aromatic heterocycles. The highest BCUT2D eigenvalue weighted by Gasteiger charge is 2.28. The lowest BCUT2D eigenvalue weighted by Crippen LogP contribution is -2.44. The van der Waals surface area contributed by atoms with Gasteiger partial charge in [0.05, 0.1) is 0 Å². The third-order valence-corrected chi connectivity index (χ3v) is 3.96. The van der Waals surface area contributed by atoms with Crippen molar-refractivity contribution in [1.29, 1.82) is 0 Å². The van der Waals surface area contributed by atoms with Crippen LogP contribution in [0.15, 0.2) is 12.4 Å². The maximum Gasteiger partial charge on any atom is 0.232 e. The molecule has 96 valence electrons. The minimum Gasteiger partial charge on any atom is -0.335 e. The lowest BCUT2D eigenvalue weighted by molar-refractivity contribution is 0.406. The monoisotopic (exact) mass is 265 g/mol. The standard InChI is InChI=1S/C12H16ClN5/c1-8-4-3-5-9(2)18(8)12-16-15-11-10(13)14-6-7-17(11)12/h6-9H,3-5H2,1-2H3/t8-,9-/m0/s1. The predicted molar refractivity (Wildman–Crippen MR) is 71.0 cm³/mol. The van der Waals surface area contributed by atoms with E-state index >= 15 is 0 Å². The first-order valence-electron chi connectivity index (χ1n) is 6.32. The van der Waals surface area contributed by atoms with E-state index in [0.717, 1.165) is 5.95 Å². The Kier molecular flexibility index (Phi) is 2.86. The molecule has 0 aliphatic carbocycles. The number of hydrogen-bond donors (Lipinski definition) is 0. The second kappa shape index (κ2) is 4.39. The van der Waals surface area contributed by atoms with Crippen molar-refractivity contribution >= 4 is 23.2 Å². The van der Waals surface area contributed by atoms with Crippen molar-refractivity contribution in [3.05, 3.63) is 17.5 Å². The molecule has 0 aromatic carbocycles. The number of fused-ring (bicyclic) bond motifs is 1. The van der Waals surface area contributed by atoms with Gasteiger partial charge in [-0.3, -0.25) is 4.40 Å². The van der Waals surface area contributed by atoms with Crippen molar-refractivity contribution in [3.8, 4) is 0 Å². The van der Waals surface area contributed by atoms with Crippen LogP contribution in [0.3, 0.4) is 0 Å². The van der Waals surface area contributed by atoms with Gasteiger partial charge in [-0.05, 0) is 33.1 Å². The highest BCUT2D eigenvalue weighted by atomic mass is 35.5. The second-order valence-electron chi connectivity index (χ2n) is 4.95. The minimum atomic E-state index is 0.397.